The van der Waals surface area contributed by atoms with Gasteiger partial charge in [0.15, 0.2) is 12.1 Å². The number of hydrogen-bond acceptors (Lipinski definition) is 6. The van der Waals surface area contributed by atoms with Crippen molar-refractivity contribution in [2.45, 2.75) is 264 Å². The van der Waals surface area contributed by atoms with E-state index in [9.17, 15) is 19.5 Å². The number of likely N-dealkylation sites (N-methyl/N-ethyl adjacent to an activating group) is 1. The van der Waals surface area contributed by atoms with Crippen LogP contribution in [0.4, 0.5) is 0 Å². The zero-order valence-electron chi connectivity index (χ0n) is 43.9. The first kappa shape index (κ1) is 63.3. The van der Waals surface area contributed by atoms with Crippen LogP contribution < -0.4 is 0 Å². The van der Waals surface area contributed by atoms with Gasteiger partial charge in [-0.15, -0.1) is 0 Å². The summed E-state index contributed by atoms with van der Waals surface area (Å²) >= 11 is 0. The number of carbonyl (C=O) groups excluding carboxylic acids is 2. The number of aliphatic carboxylic acids is 1. The number of unbranched alkanes of at least 4 members (excludes halogenated alkanes) is 29. The molecule has 0 radical (unpaired) electrons. The molecule has 0 bridgehead atoms. The number of quaternary nitrogens is 1. The molecule has 0 amide bonds. The summed E-state index contributed by atoms with van der Waals surface area (Å²) in [7, 11) is 5.54. The maximum absolute atomic E-state index is 12.8. The SMILES string of the molecule is CCCCC/C=C/C=C/CCCCCCCCCCCCC(=O)OCC(COCCC(C(=O)O)[N+](C)(C)C)OC(=O)CCCCCCCCC/C=C/C/C=C/CCCCCCCCCCC. The van der Waals surface area contributed by atoms with Crippen LogP contribution >= 0.6 is 0 Å². The molecule has 0 aromatic carbocycles. The van der Waals surface area contributed by atoms with Crippen molar-refractivity contribution in [1.82, 2.24) is 0 Å². The van der Waals surface area contributed by atoms with Crippen molar-refractivity contribution in [3.63, 3.8) is 0 Å². The third-order valence-corrected chi connectivity index (χ3v) is 12.5. The van der Waals surface area contributed by atoms with E-state index in [0.29, 0.717) is 19.3 Å². The highest BCUT2D eigenvalue weighted by molar-refractivity contribution is 5.72. The molecule has 8 nitrogen and oxygen atoms in total. The Morgan fingerprint density at radius 2 is 0.848 bits per heavy atom. The van der Waals surface area contributed by atoms with Crippen LogP contribution in [0.3, 0.4) is 0 Å². The Morgan fingerprint density at radius 3 is 1.29 bits per heavy atom. The number of ether oxygens (including phenoxy) is 3. The van der Waals surface area contributed by atoms with Crippen LogP contribution in [-0.2, 0) is 28.6 Å². The van der Waals surface area contributed by atoms with Crippen LogP contribution in [0.2, 0.25) is 0 Å². The highest BCUT2D eigenvalue weighted by Crippen LogP contribution is 2.16. The molecule has 0 aliphatic rings. The number of carboxylic acid groups (broad SMARTS) is 1. The molecule has 0 fully saturated rings. The third-order valence-electron chi connectivity index (χ3n) is 12.5. The van der Waals surface area contributed by atoms with Gasteiger partial charge in [0.1, 0.15) is 6.61 Å². The lowest BCUT2D eigenvalue weighted by Gasteiger charge is -2.31. The monoisotopic (exact) mass is 929 g/mol. The molecular formula is C58H106NO7+. The number of rotatable bonds is 50. The fourth-order valence-corrected chi connectivity index (χ4v) is 8.17. The van der Waals surface area contributed by atoms with Gasteiger partial charge in [-0.25, -0.2) is 4.79 Å². The molecular weight excluding hydrogens is 823 g/mol. The smallest absolute Gasteiger partial charge is 0.362 e. The van der Waals surface area contributed by atoms with Crippen molar-refractivity contribution in [2.24, 2.45) is 0 Å². The summed E-state index contributed by atoms with van der Waals surface area (Å²) in [6.45, 7) is 4.73. The van der Waals surface area contributed by atoms with Gasteiger partial charge in [-0.2, -0.15) is 0 Å². The Labute approximate surface area is 407 Å². The number of carboxylic acids is 1. The van der Waals surface area contributed by atoms with Crippen LogP contribution in [0, 0.1) is 0 Å². The number of allylic oxidation sites excluding steroid dienone is 8. The third kappa shape index (κ3) is 46.4. The lowest BCUT2D eigenvalue weighted by molar-refractivity contribution is -0.887. The van der Waals surface area contributed by atoms with Crippen molar-refractivity contribution in [3.8, 4) is 0 Å². The number of nitrogens with zero attached hydrogens (tertiary/aromatic N) is 1. The minimum Gasteiger partial charge on any atom is -0.477 e. The van der Waals surface area contributed by atoms with Crippen LogP contribution in [0.25, 0.3) is 0 Å². The van der Waals surface area contributed by atoms with Crippen LogP contribution in [-0.4, -0.2) is 80.6 Å². The molecule has 1 N–H and O–H groups in total. The van der Waals surface area contributed by atoms with Crippen LogP contribution in [0.1, 0.15) is 251 Å². The molecule has 8 heteroatoms. The van der Waals surface area contributed by atoms with Gasteiger partial charge in [0.2, 0.25) is 0 Å². The zero-order chi connectivity index (χ0) is 48.4. The van der Waals surface area contributed by atoms with Gasteiger partial charge in [-0.1, -0.05) is 210 Å². The quantitative estimate of drug-likeness (QED) is 0.0213. The number of hydrogen-bond donors (Lipinski definition) is 1. The number of carbonyl (C=O) groups is 3. The summed E-state index contributed by atoms with van der Waals surface area (Å²) in [5.41, 5.74) is 0. The van der Waals surface area contributed by atoms with Crippen molar-refractivity contribution < 1.29 is 38.2 Å². The van der Waals surface area contributed by atoms with E-state index in [-0.39, 0.29) is 36.2 Å². The molecule has 2 unspecified atom stereocenters. The molecule has 0 saturated heterocycles. The summed E-state index contributed by atoms with van der Waals surface area (Å²) in [6.07, 6.45) is 60.2. The van der Waals surface area contributed by atoms with Crippen LogP contribution in [0.15, 0.2) is 48.6 Å². The van der Waals surface area contributed by atoms with E-state index < -0.39 is 18.1 Å². The molecule has 0 heterocycles. The second-order valence-electron chi connectivity index (χ2n) is 19.9. The molecule has 0 aliphatic carbocycles. The van der Waals surface area contributed by atoms with Gasteiger partial charge in [0.05, 0.1) is 34.4 Å². The van der Waals surface area contributed by atoms with E-state index in [1.165, 1.54) is 167 Å². The first-order valence-electron chi connectivity index (χ1n) is 27.7. The fraction of sp³-hybridized carbons (Fsp3) is 0.810. The first-order valence-corrected chi connectivity index (χ1v) is 27.7. The van der Waals surface area contributed by atoms with Crippen molar-refractivity contribution >= 4 is 17.9 Å². The van der Waals surface area contributed by atoms with E-state index in [1.54, 1.807) is 0 Å². The molecule has 2 atom stereocenters. The molecule has 0 aromatic rings. The van der Waals surface area contributed by atoms with Gasteiger partial charge >= 0.3 is 17.9 Å². The topological polar surface area (TPSA) is 99.1 Å². The summed E-state index contributed by atoms with van der Waals surface area (Å²) in [4.78, 5) is 37.2. The lowest BCUT2D eigenvalue weighted by Crippen LogP contribution is -2.50. The molecule has 0 saturated carbocycles. The normalized spacial score (nSPS) is 13.2. The molecule has 0 spiro atoms. The largest absolute Gasteiger partial charge is 0.477 e. The van der Waals surface area contributed by atoms with Crippen molar-refractivity contribution in [2.75, 3.05) is 41.0 Å². The predicted molar refractivity (Wildman–Crippen MR) is 280 cm³/mol. The molecule has 0 aromatic heterocycles. The Morgan fingerprint density at radius 1 is 0.470 bits per heavy atom. The van der Waals surface area contributed by atoms with E-state index in [4.69, 9.17) is 14.2 Å². The minimum absolute atomic E-state index is 0.0555. The van der Waals surface area contributed by atoms with Gasteiger partial charge in [-0.3, -0.25) is 9.59 Å². The van der Waals surface area contributed by atoms with Gasteiger partial charge in [0.25, 0.3) is 0 Å². The Bertz CT molecular complexity index is 1220. The van der Waals surface area contributed by atoms with Gasteiger partial charge in [0, 0.05) is 19.3 Å². The van der Waals surface area contributed by atoms with E-state index in [0.717, 1.165) is 51.4 Å². The second-order valence-corrected chi connectivity index (χ2v) is 19.9. The summed E-state index contributed by atoms with van der Waals surface area (Å²) in [5.74, 6) is -1.47. The predicted octanol–water partition coefficient (Wildman–Crippen LogP) is 16.3. The molecule has 0 rings (SSSR count). The van der Waals surface area contributed by atoms with E-state index in [1.807, 2.05) is 21.1 Å². The molecule has 66 heavy (non-hydrogen) atoms. The molecule has 384 valence electrons. The molecule has 0 aliphatic heterocycles. The maximum atomic E-state index is 12.8. The Balaban J connectivity index is 4.22. The highest BCUT2D eigenvalue weighted by atomic mass is 16.6. The van der Waals surface area contributed by atoms with Gasteiger partial charge < -0.3 is 23.8 Å². The Kier molecular flexibility index (Phi) is 46.7. The van der Waals surface area contributed by atoms with Crippen molar-refractivity contribution in [1.29, 1.82) is 0 Å². The average molecular weight is 929 g/mol. The Hall–Kier alpha value is -2.71. The number of esters is 2. The fourth-order valence-electron chi connectivity index (χ4n) is 8.17. The second kappa shape index (κ2) is 48.7. The van der Waals surface area contributed by atoms with E-state index in [2.05, 4.69) is 62.5 Å². The zero-order valence-corrected chi connectivity index (χ0v) is 43.9. The summed E-state index contributed by atoms with van der Waals surface area (Å²) in [6, 6.07) is -0.618. The first-order chi connectivity index (χ1) is 32.1. The minimum atomic E-state index is -0.875. The maximum Gasteiger partial charge on any atom is 0.362 e. The average Bonchev–Trinajstić information content (AvgIpc) is 3.28. The van der Waals surface area contributed by atoms with Crippen molar-refractivity contribution in [3.05, 3.63) is 48.6 Å². The lowest BCUT2D eigenvalue weighted by atomic mass is 10.1. The van der Waals surface area contributed by atoms with E-state index >= 15 is 0 Å². The summed E-state index contributed by atoms with van der Waals surface area (Å²) in [5, 5.41) is 9.67. The summed E-state index contributed by atoms with van der Waals surface area (Å²) < 4.78 is 17.4. The van der Waals surface area contributed by atoms with Gasteiger partial charge in [-0.05, 0) is 70.6 Å². The van der Waals surface area contributed by atoms with Crippen LogP contribution in [0.5, 0.6) is 0 Å². The standard InChI is InChI=1S/C58H105NO7/c1-6-8-10-12-14-16-18-20-22-24-26-27-28-29-31-33-35-37-39-41-43-45-47-49-57(61)66-54(52-64-51-50-55(58(62)63)59(3,4)5)53-65-56(60)48-46-44-42-40-38-36-34-32-30-25-23-21-19-17-15-13-11-9-7-2/h15,17,19,21,26-27,29,31,54-55H,6-14,16,18,20,22-25,28,30,32-53H2,1-5H3/p+1/b17-15+,21-19+,27-26+,31-29+. The highest BCUT2D eigenvalue weighted by Gasteiger charge is 2.31.